The molecule has 1 fully saturated rings. The van der Waals surface area contributed by atoms with Crippen LogP contribution in [0.1, 0.15) is 31.9 Å². The van der Waals surface area contributed by atoms with Crippen LogP contribution in [0.3, 0.4) is 0 Å². The number of rotatable bonds is 2. The minimum absolute atomic E-state index is 0.0758. The zero-order valence-electron chi connectivity index (χ0n) is 12.5. The fraction of sp³-hybridized carbons (Fsp3) is 0.467. The van der Waals surface area contributed by atoms with Crippen LogP contribution in [0.15, 0.2) is 24.3 Å². The van der Waals surface area contributed by atoms with Gasteiger partial charge in [-0.1, -0.05) is 43.7 Å². The molecule has 1 heterocycles. The first-order valence-electron chi connectivity index (χ1n) is 6.84. The lowest BCUT2D eigenvalue weighted by Gasteiger charge is -2.34. The summed E-state index contributed by atoms with van der Waals surface area (Å²) < 4.78 is 0. The van der Waals surface area contributed by atoms with E-state index in [1.54, 1.807) is 0 Å². The van der Waals surface area contributed by atoms with Crippen LogP contribution in [-0.4, -0.2) is 39.6 Å². The summed E-state index contributed by atoms with van der Waals surface area (Å²) in [5.74, 6) is -0.688. The quantitative estimate of drug-likeness (QED) is 0.841. The summed E-state index contributed by atoms with van der Waals surface area (Å²) in [5.41, 5.74) is 2.12. The molecule has 1 aromatic rings. The van der Waals surface area contributed by atoms with E-state index in [1.807, 2.05) is 45.0 Å². The van der Waals surface area contributed by atoms with Crippen molar-refractivity contribution >= 4 is 11.8 Å². The van der Waals surface area contributed by atoms with Crippen molar-refractivity contribution in [3.8, 4) is 0 Å². The van der Waals surface area contributed by atoms with Crippen LogP contribution in [0.4, 0.5) is 0 Å². The van der Waals surface area contributed by atoms with Gasteiger partial charge in [-0.05, 0) is 19.4 Å². The van der Waals surface area contributed by atoms with E-state index in [4.69, 9.17) is 0 Å². The Morgan fingerprint density at radius 3 is 2.30 bits per heavy atom. The molecule has 0 aromatic heterocycles. The molecule has 1 aromatic carbocycles. The molecular formula is C15H22N2O3. The van der Waals surface area contributed by atoms with Crippen molar-refractivity contribution in [2.24, 2.45) is 0 Å². The Bertz CT molecular complexity index is 471. The van der Waals surface area contributed by atoms with Crippen LogP contribution in [0.25, 0.3) is 0 Å². The highest BCUT2D eigenvalue weighted by Crippen LogP contribution is 2.14. The van der Waals surface area contributed by atoms with Gasteiger partial charge in [-0.15, -0.1) is 0 Å². The van der Waals surface area contributed by atoms with E-state index in [0.717, 1.165) is 11.1 Å². The SMILES string of the molecule is CC.Cc1ccc(CN2CC(=O)N(O)C(C)C2=O)cc1. The maximum absolute atomic E-state index is 11.9. The third-order valence-corrected chi connectivity index (χ3v) is 3.11. The van der Waals surface area contributed by atoms with Gasteiger partial charge in [0.1, 0.15) is 12.6 Å². The molecule has 1 atom stereocenters. The molecule has 1 saturated heterocycles. The normalized spacial score (nSPS) is 18.8. The first-order valence-corrected chi connectivity index (χ1v) is 6.84. The Morgan fingerprint density at radius 2 is 1.75 bits per heavy atom. The molecule has 2 amide bonds. The van der Waals surface area contributed by atoms with Crippen molar-refractivity contribution in [2.75, 3.05) is 6.54 Å². The van der Waals surface area contributed by atoms with E-state index >= 15 is 0 Å². The van der Waals surface area contributed by atoms with Gasteiger partial charge in [0.15, 0.2) is 0 Å². The average Bonchev–Trinajstić information content (AvgIpc) is 2.47. The molecule has 5 nitrogen and oxygen atoms in total. The number of piperazine rings is 1. The number of hydrogen-bond donors (Lipinski definition) is 1. The second-order valence-corrected chi connectivity index (χ2v) is 4.59. The summed E-state index contributed by atoms with van der Waals surface area (Å²) in [6, 6.07) is 6.99. The Kier molecular flexibility index (Phi) is 5.70. The maximum Gasteiger partial charge on any atom is 0.266 e. The number of amides is 2. The van der Waals surface area contributed by atoms with Crippen molar-refractivity contribution in [1.29, 1.82) is 0 Å². The summed E-state index contributed by atoms with van der Waals surface area (Å²) in [5, 5.41) is 9.88. The van der Waals surface area contributed by atoms with Gasteiger partial charge in [0.05, 0.1) is 0 Å². The zero-order chi connectivity index (χ0) is 15.3. The van der Waals surface area contributed by atoms with Crippen molar-refractivity contribution in [1.82, 2.24) is 9.96 Å². The second kappa shape index (κ2) is 7.05. The van der Waals surface area contributed by atoms with Crippen molar-refractivity contribution in [3.05, 3.63) is 35.4 Å². The molecule has 2 rings (SSSR count). The van der Waals surface area contributed by atoms with Crippen LogP contribution < -0.4 is 0 Å². The van der Waals surface area contributed by atoms with E-state index in [2.05, 4.69) is 0 Å². The van der Waals surface area contributed by atoms with Crippen LogP contribution >= 0.6 is 0 Å². The summed E-state index contributed by atoms with van der Waals surface area (Å²) >= 11 is 0. The zero-order valence-corrected chi connectivity index (χ0v) is 12.5. The largest absolute Gasteiger partial charge is 0.327 e. The van der Waals surface area contributed by atoms with Crippen molar-refractivity contribution < 1.29 is 14.8 Å². The van der Waals surface area contributed by atoms with E-state index in [-0.39, 0.29) is 12.5 Å². The van der Waals surface area contributed by atoms with E-state index < -0.39 is 11.9 Å². The van der Waals surface area contributed by atoms with Gasteiger partial charge >= 0.3 is 0 Å². The topological polar surface area (TPSA) is 60.9 Å². The fourth-order valence-electron chi connectivity index (χ4n) is 1.95. The number of hydroxylamine groups is 2. The Labute approximate surface area is 119 Å². The third kappa shape index (κ3) is 3.57. The van der Waals surface area contributed by atoms with Gasteiger partial charge in [0.2, 0.25) is 5.91 Å². The number of nitrogens with zero attached hydrogens (tertiary/aromatic N) is 2. The van der Waals surface area contributed by atoms with Crippen molar-refractivity contribution in [3.63, 3.8) is 0 Å². The van der Waals surface area contributed by atoms with Gasteiger partial charge in [-0.25, -0.2) is 5.06 Å². The fourth-order valence-corrected chi connectivity index (χ4v) is 1.95. The van der Waals surface area contributed by atoms with Crippen LogP contribution in [-0.2, 0) is 16.1 Å². The first-order chi connectivity index (χ1) is 9.49. The highest BCUT2D eigenvalue weighted by Gasteiger charge is 2.35. The third-order valence-electron chi connectivity index (χ3n) is 3.11. The molecule has 1 aliphatic rings. The van der Waals surface area contributed by atoms with Crippen molar-refractivity contribution in [2.45, 2.75) is 40.3 Å². The lowest BCUT2D eigenvalue weighted by Crippen LogP contribution is -2.57. The minimum Gasteiger partial charge on any atom is -0.327 e. The number of hydrogen-bond acceptors (Lipinski definition) is 3. The Hall–Kier alpha value is -1.88. The molecule has 1 aliphatic heterocycles. The van der Waals surface area contributed by atoms with Gasteiger partial charge < -0.3 is 4.90 Å². The molecule has 1 unspecified atom stereocenters. The Morgan fingerprint density at radius 1 is 1.20 bits per heavy atom. The minimum atomic E-state index is -0.809. The molecule has 20 heavy (non-hydrogen) atoms. The predicted octanol–water partition coefficient (Wildman–Crippen LogP) is 1.97. The molecular weight excluding hydrogens is 256 g/mol. The molecule has 0 spiro atoms. The molecule has 110 valence electrons. The van der Waals surface area contributed by atoms with Gasteiger partial charge in [0.25, 0.3) is 5.91 Å². The maximum atomic E-state index is 11.9. The smallest absolute Gasteiger partial charge is 0.266 e. The average molecular weight is 278 g/mol. The van der Waals surface area contributed by atoms with Crippen LogP contribution in [0.2, 0.25) is 0 Å². The van der Waals surface area contributed by atoms with Crippen LogP contribution in [0.5, 0.6) is 0 Å². The molecule has 5 heteroatoms. The standard InChI is InChI=1S/C13H16N2O3.C2H6/c1-9-3-5-11(6-4-9)7-14-8-12(16)15(18)10(2)13(14)17;1-2/h3-6,10,18H,7-8H2,1-2H3;1-2H3. The summed E-state index contributed by atoms with van der Waals surface area (Å²) in [6.07, 6.45) is 0. The highest BCUT2D eigenvalue weighted by atomic mass is 16.5. The predicted molar refractivity (Wildman–Crippen MR) is 76.0 cm³/mol. The molecule has 0 bridgehead atoms. The number of carbonyl (C=O) groups excluding carboxylic acids is 2. The van der Waals surface area contributed by atoms with E-state index in [0.29, 0.717) is 11.6 Å². The van der Waals surface area contributed by atoms with Crippen LogP contribution in [0, 0.1) is 6.92 Å². The number of aryl methyl sites for hydroxylation is 1. The summed E-state index contributed by atoms with van der Waals surface area (Å²) in [7, 11) is 0. The van der Waals surface area contributed by atoms with E-state index in [1.165, 1.54) is 11.8 Å². The van der Waals surface area contributed by atoms with Gasteiger partial charge in [-0.3, -0.25) is 14.8 Å². The number of carbonyl (C=O) groups is 2. The molecule has 0 aliphatic carbocycles. The summed E-state index contributed by atoms with van der Waals surface area (Å²) in [4.78, 5) is 24.9. The Balaban J connectivity index is 0.000000956. The highest BCUT2D eigenvalue weighted by molar-refractivity contribution is 5.93. The summed E-state index contributed by atoms with van der Waals surface area (Å²) in [6.45, 7) is 7.82. The molecule has 0 radical (unpaired) electrons. The van der Waals surface area contributed by atoms with Gasteiger partial charge in [0, 0.05) is 6.54 Å². The monoisotopic (exact) mass is 278 g/mol. The van der Waals surface area contributed by atoms with Gasteiger partial charge in [-0.2, -0.15) is 0 Å². The van der Waals surface area contributed by atoms with E-state index in [9.17, 15) is 14.8 Å². The first kappa shape index (κ1) is 16.2. The molecule has 0 saturated carbocycles. The lowest BCUT2D eigenvalue weighted by atomic mass is 10.1. The number of benzene rings is 1. The molecule has 1 N–H and O–H groups in total. The lowest BCUT2D eigenvalue weighted by molar-refractivity contribution is -0.192. The second-order valence-electron chi connectivity index (χ2n) is 4.59.